The lowest BCUT2D eigenvalue weighted by atomic mass is 10.1. The molecule has 0 aromatic heterocycles. The Balaban J connectivity index is 0.00000364. The van der Waals surface area contributed by atoms with Crippen LogP contribution in [-0.2, 0) is 17.8 Å². The third kappa shape index (κ3) is 10.3. The number of ether oxygens (including phenoxy) is 1. The zero-order chi connectivity index (χ0) is 18.5. The number of unbranched alkanes of at least 4 members (excludes halogenated alkanes) is 2. The third-order valence-electron chi connectivity index (χ3n) is 4.88. The molecule has 6 heteroatoms. The molecule has 0 atom stereocenters. The lowest BCUT2D eigenvalue weighted by molar-refractivity contribution is 0.192. The van der Waals surface area contributed by atoms with Gasteiger partial charge in [-0.3, -0.25) is 9.89 Å². The van der Waals surface area contributed by atoms with E-state index in [9.17, 15) is 0 Å². The molecular formula is C21H37IN4O. The number of nitrogens with zero attached hydrogens (tertiary/aromatic N) is 2. The van der Waals surface area contributed by atoms with Crippen molar-refractivity contribution >= 4 is 29.9 Å². The number of likely N-dealkylation sites (tertiary alicyclic amines) is 1. The number of piperidine rings is 1. The van der Waals surface area contributed by atoms with Crippen molar-refractivity contribution in [1.82, 2.24) is 15.5 Å². The minimum absolute atomic E-state index is 0. The second-order valence-corrected chi connectivity index (χ2v) is 7.06. The largest absolute Gasteiger partial charge is 0.385 e. The van der Waals surface area contributed by atoms with Crippen molar-refractivity contribution in [3.05, 3.63) is 35.4 Å². The molecule has 1 saturated heterocycles. The van der Waals surface area contributed by atoms with E-state index in [1.807, 2.05) is 7.05 Å². The molecule has 27 heavy (non-hydrogen) atoms. The molecule has 0 unspecified atom stereocenters. The average molecular weight is 488 g/mol. The Hall–Kier alpha value is -0.860. The Labute approximate surface area is 182 Å². The van der Waals surface area contributed by atoms with Crippen molar-refractivity contribution in [2.75, 3.05) is 40.4 Å². The van der Waals surface area contributed by atoms with E-state index < -0.39 is 0 Å². The van der Waals surface area contributed by atoms with Crippen LogP contribution >= 0.6 is 24.0 Å². The predicted molar refractivity (Wildman–Crippen MR) is 125 cm³/mol. The van der Waals surface area contributed by atoms with Gasteiger partial charge >= 0.3 is 0 Å². The topological polar surface area (TPSA) is 48.9 Å². The Bertz CT molecular complexity index is 515. The van der Waals surface area contributed by atoms with Crippen LogP contribution in [0.15, 0.2) is 29.3 Å². The molecule has 1 aliphatic heterocycles. The smallest absolute Gasteiger partial charge is 0.191 e. The van der Waals surface area contributed by atoms with Gasteiger partial charge in [0.1, 0.15) is 0 Å². The molecule has 154 valence electrons. The summed E-state index contributed by atoms with van der Waals surface area (Å²) >= 11 is 0. The van der Waals surface area contributed by atoms with Crippen molar-refractivity contribution in [2.45, 2.75) is 51.6 Å². The molecule has 1 aromatic rings. The fourth-order valence-electron chi connectivity index (χ4n) is 3.30. The van der Waals surface area contributed by atoms with Gasteiger partial charge in [0.2, 0.25) is 0 Å². The van der Waals surface area contributed by atoms with Crippen molar-refractivity contribution in [3.63, 3.8) is 0 Å². The molecular weight excluding hydrogens is 451 g/mol. The summed E-state index contributed by atoms with van der Waals surface area (Å²) in [5, 5.41) is 6.77. The number of methoxy groups -OCH3 is 1. The van der Waals surface area contributed by atoms with Gasteiger partial charge in [0.15, 0.2) is 5.96 Å². The van der Waals surface area contributed by atoms with Crippen LogP contribution in [-0.4, -0.2) is 51.3 Å². The van der Waals surface area contributed by atoms with Gasteiger partial charge in [0, 0.05) is 40.4 Å². The molecule has 0 radical (unpaired) electrons. The van der Waals surface area contributed by atoms with Gasteiger partial charge in [-0.15, -0.1) is 24.0 Å². The Kier molecular flexibility index (Phi) is 13.5. The molecule has 2 N–H and O–H groups in total. The zero-order valence-corrected chi connectivity index (χ0v) is 19.3. The Morgan fingerprint density at radius 3 is 2.37 bits per heavy atom. The maximum Gasteiger partial charge on any atom is 0.191 e. The molecule has 0 aliphatic carbocycles. The minimum atomic E-state index is 0. The maximum absolute atomic E-state index is 5.07. The van der Waals surface area contributed by atoms with E-state index in [2.05, 4.69) is 44.8 Å². The molecule has 0 amide bonds. The van der Waals surface area contributed by atoms with Crippen LogP contribution in [0.4, 0.5) is 0 Å². The number of hydrogen-bond acceptors (Lipinski definition) is 3. The Morgan fingerprint density at radius 2 is 1.70 bits per heavy atom. The number of aliphatic imine (C=N–C) groups is 1. The number of halogens is 1. The van der Waals surface area contributed by atoms with Crippen molar-refractivity contribution in [1.29, 1.82) is 0 Å². The molecule has 2 rings (SSSR count). The highest BCUT2D eigenvalue weighted by atomic mass is 127. The summed E-state index contributed by atoms with van der Waals surface area (Å²) in [6.45, 7) is 6.17. The van der Waals surface area contributed by atoms with Crippen LogP contribution in [0, 0.1) is 0 Å². The SMILES string of the molecule is CN=C(NCCCCCOC)NCc1ccc(CN2CCCCC2)cc1.I. The monoisotopic (exact) mass is 488 g/mol. The first-order valence-corrected chi connectivity index (χ1v) is 10.1. The number of guanidine groups is 1. The van der Waals surface area contributed by atoms with E-state index in [0.717, 1.165) is 45.0 Å². The van der Waals surface area contributed by atoms with E-state index >= 15 is 0 Å². The number of hydrogen-bond donors (Lipinski definition) is 2. The van der Waals surface area contributed by atoms with E-state index in [4.69, 9.17) is 4.74 Å². The van der Waals surface area contributed by atoms with E-state index in [0.29, 0.717) is 0 Å². The molecule has 1 aromatic carbocycles. The van der Waals surface area contributed by atoms with Crippen LogP contribution < -0.4 is 10.6 Å². The molecule has 0 bridgehead atoms. The molecule has 1 aliphatic rings. The quantitative estimate of drug-likeness (QED) is 0.228. The summed E-state index contributed by atoms with van der Waals surface area (Å²) in [4.78, 5) is 6.86. The van der Waals surface area contributed by atoms with Gasteiger partial charge in [0.25, 0.3) is 0 Å². The van der Waals surface area contributed by atoms with Crippen molar-refractivity contribution in [3.8, 4) is 0 Å². The second-order valence-electron chi connectivity index (χ2n) is 7.06. The van der Waals surface area contributed by atoms with Gasteiger partial charge in [-0.2, -0.15) is 0 Å². The summed E-state index contributed by atoms with van der Waals surface area (Å²) in [7, 11) is 3.58. The Morgan fingerprint density at radius 1 is 1.00 bits per heavy atom. The number of nitrogens with one attached hydrogen (secondary N) is 2. The van der Waals surface area contributed by atoms with E-state index in [1.165, 1.54) is 49.9 Å². The summed E-state index contributed by atoms with van der Waals surface area (Å²) in [5.74, 6) is 0.870. The van der Waals surface area contributed by atoms with Gasteiger partial charge in [-0.25, -0.2) is 0 Å². The predicted octanol–water partition coefficient (Wildman–Crippen LogP) is 3.77. The van der Waals surface area contributed by atoms with Crippen molar-refractivity contribution in [2.24, 2.45) is 4.99 Å². The molecule has 0 spiro atoms. The van der Waals surface area contributed by atoms with E-state index in [-0.39, 0.29) is 24.0 Å². The average Bonchev–Trinajstić information content (AvgIpc) is 2.69. The van der Waals surface area contributed by atoms with Gasteiger partial charge in [0.05, 0.1) is 0 Å². The fourth-order valence-corrected chi connectivity index (χ4v) is 3.30. The number of benzene rings is 1. The van der Waals surface area contributed by atoms with Gasteiger partial charge in [-0.05, 0) is 56.3 Å². The summed E-state index contributed by atoms with van der Waals surface area (Å²) in [6.07, 6.45) is 7.52. The lowest BCUT2D eigenvalue weighted by Gasteiger charge is -2.26. The number of rotatable bonds is 10. The van der Waals surface area contributed by atoms with Gasteiger partial charge < -0.3 is 15.4 Å². The second kappa shape index (κ2) is 15.1. The van der Waals surface area contributed by atoms with Crippen LogP contribution in [0.2, 0.25) is 0 Å². The first-order chi connectivity index (χ1) is 12.8. The first kappa shape index (κ1) is 24.2. The van der Waals surface area contributed by atoms with Gasteiger partial charge in [-0.1, -0.05) is 30.7 Å². The standard InChI is InChI=1S/C21H36N4O.HI/c1-22-21(23-13-5-3-8-16-26-2)24-17-19-9-11-20(12-10-19)18-25-14-6-4-7-15-25;/h9-12H,3-8,13-18H2,1-2H3,(H2,22,23,24);1H. The van der Waals surface area contributed by atoms with Crippen LogP contribution in [0.3, 0.4) is 0 Å². The third-order valence-corrected chi connectivity index (χ3v) is 4.88. The van der Waals surface area contributed by atoms with Crippen molar-refractivity contribution < 1.29 is 4.74 Å². The summed E-state index contributed by atoms with van der Waals surface area (Å²) < 4.78 is 5.07. The van der Waals surface area contributed by atoms with Crippen LogP contribution in [0.25, 0.3) is 0 Å². The first-order valence-electron chi connectivity index (χ1n) is 10.1. The maximum atomic E-state index is 5.07. The highest BCUT2D eigenvalue weighted by Gasteiger charge is 2.10. The highest BCUT2D eigenvalue weighted by molar-refractivity contribution is 14.0. The molecule has 1 fully saturated rings. The molecule has 1 heterocycles. The zero-order valence-electron chi connectivity index (χ0n) is 17.0. The highest BCUT2D eigenvalue weighted by Crippen LogP contribution is 2.13. The molecule has 0 saturated carbocycles. The molecule has 5 nitrogen and oxygen atoms in total. The lowest BCUT2D eigenvalue weighted by Crippen LogP contribution is -2.37. The summed E-state index contributed by atoms with van der Waals surface area (Å²) in [5.41, 5.74) is 2.70. The fraction of sp³-hybridized carbons (Fsp3) is 0.667. The summed E-state index contributed by atoms with van der Waals surface area (Å²) in [6, 6.07) is 8.98. The van der Waals surface area contributed by atoms with Crippen LogP contribution in [0.1, 0.15) is 49.7 Å². The normalized spacial score (nSPS) is 15.3. The van der Waals surface area contributed by atoms with Crippen LogP contribution in [0.5, 0.6) is 0 Å². The van der Waals surface area contributed by atoms with E-state index in [1.54, 1.807) is 7.11 Å². The minimum Gasteiger partial charge on any atom is -0.385 e.